The van der Waals surface area contributed by atoms with Gasteiger partial charge in [0.2, 0.25) is 4.77 Å². The smallest absolute Gasteiger partial charge is 0.213 e. The van der Waals surface area contributed by atoms with Crippen molar-refractivity contribution in [1.29, 1.82) is 0 Å². The van der Waals surface area contributed by atoms with Crippen molar-refractivity contribution in [3.8, 4) is 11.6 Å². The molecule has 0 aliphatic carbocycles. The molecule has 4 nitrogen and oxygen atoms in total. The van der Waals surface area contributed by atoms with E-state index in [1.54, 1.807) is 12.1 Å². The molecule has 6 heteroatoms. The highest BCUT2D eigenvalue weighted by Gasteiger charge is 2.04. The maximum atomic E-state index is 5.24. The van der Waals surface area contributed by atoms with Gasteiger partial charge in [-0.25, -0.2) is 0 Å². The Morgan fingerprint density at radius 3 is 2.75 bits per heavy atom. The Hall–Kier alpha value is -0.880. The normalized spacial score (nSPS) is 10.4. The number of H-pyrrole nitrogens is 2. The Bertz CT molecular complexity index is 443. The number of halogens is 1. The summed E-state index contributed by atoms with van der Waals surface area (Å²) in [5, 5.41) is 5.46. The number of aromatic amines is 2. The zero-order valence-electron chi connectivity index (χ0n) is 5.80. The number of nitrogens with one attached hydrogen (secondary N) is 2. The van der Waals surface area contributed by atoms with Gasteiger partial charge in [0.05, 0.1) is 0 Å². The summed E-state index contributed by atoms with van der Waals surface area (Å²) in [7, 11) is 0. The molecule has 2 aromatic heterocycles. The number of hydrogen-bond donors (Lipinski definition) is 2. The average Bonchev–Trinajstić information content (AvgIpc) is 2.58. The second kappa shape index (κ2) is 2.87. The molecule has 62 valence electrons. The van der Waals surface area contributed by atoms with Crippen LogP contribution in [0.1, 0.15) is 0 Å². The van der Waals surface area contributed by atoms with Gasteiger partial charge in [0.25, 0.3) is 0 Å². The van der Waals surface area contributed by atoms with Crippen LogP contribution in [-0.4, -0.2) is 15.2 Å². The lowest BCUT2D eigenvalue weighted by molar-refractivity contribution is 0.551. The lowest BCUT2D eigenvalue weighted by Gasteiger charge is -1.85. The molecule has 0 bridgehead atoms. The molecule has 0 atom stereocenters. The zero-order valence-corrected chi connectivity index (χ0v) is 8.20. The molecular formula is C6H4BrN3OS. The molecule has 0 aromatic carbocycles. The molecule has 0 radical (unpaired) electrons. The summed E-state index contributed by atoms with van der Waals surface area (Å²) in [6.07, 6.45) is 0. The molecule has 0 saturated heterocycles. The van der Waals surface area contributed by atoms with Crippen LogP contribution in [0.2, 0.25) is 0 Å². The molecule has 2 heterocycles. The van der Waals surface area contributed by atoms with Crippen LogP contribution < -0.4 is 0 Å². The SMILES string of the molecule is S=c1nc(-c2ccc(Br)o2)[nH][nH]1. The molecule has 0 fully saturated rings. The standard InChI is InChI=1S/C6H4BrN3OS/c7-4-2-1-3(11-4)5-8-6(12)10-9-5/h1-2H,(H2,8,9,10,12). The van der Waals surface area contributed by atoms with E-state index in [9.17, 15) is 0 Å². The first-order valence-electron chi connectivity index (χ1n) is 3.16. The van der Waals surface area contributed by atoms with Crippen molar-refractivity contribution in [3.05, 3.63) is 21.6 Å². The van der Waals surface area contributed by atoms with Crippen molar-refractivity contribution in [3.63, 3.8) is 0 Å². The minimum absolute atomic E-state index is 0.414. The number of hydrogen-bond acceptors (Lipinski definition) is 3. The predicted molar refractivity (Wildman–Crippen MR) is 49.2 cm³/mol. The molecule has 0 saturated carbocycles. The van der Waals surface area contributed by atoms with Gasteiger partial charge < -0.3 is 4.42 Å². The largest absolute Gasteiger partial charge is 0.446 e. The van der Waals surface area contributed by atoms with Gasteiger partial charge in [-0.05, 0) is 40.3 Å². The Morgan fingerprint density at radius 2 is 2.25 bits per heavy atom. The first-order valence-corrected chi connectivity index (χ1v) is 4.36. The van der Waals surface area contributed by atoms with Crippen LogP contribution in [0.15, 0.2) is 21.2 Å². The van der Waals surface area contributed by atoms with Gasteiger partial charge in [0, 0.05) is 0 Å². The second-order valence-electron chi connectivity index (χ2n) is 2.12. The fraction of sp³-hybridized carbons (Fsp3) is 0. The minimum Gasteiger partial charge on any atom is -0.446 e. The van der Waals surface area contributed by atoms with Crippen molar-refractivity contribution < 1.29 is 4.42 Å². The van der Waals surface area contributed by atoms with Gasteiger partial charge in [-0.2, -0.15) is 4.98 Å². The van der Waals surface area contributed by atoms with Gasteiger partial charge in [0.15, 0.2) is 16.3 Å². The van der Waals surface area contributed by atoms with Crippen molar-refractivity contribution in [2.24, 2.45) is 0 Å². The van der Waals surface area contributed by atoms with E-state index in [0.717, 1.165) is 0 Å². The van der Waals surface area contributed by atoms with Crippen LogP contribution >= 0.6 is 28.1 Å². The topological polar surface area (TPSA) is 57.6 Å². The van der Waals surface area contributed by atoms with E-state index in [4.69, 9.17) is 16.6 Å². The van der Waals surface area contributed by atoms with Crippen molar-refractivity contribution in [1.82, 2.24) is 15.2 Å². The molecule has 0 spiro atoms. The van der Waals surface area contributed by atoms with Gasteiger partial charge >= 0.3 is 0 Å². The van der Waals surface area contributed by atoms with Crippen LogP contribution in [0.4, 0.5) is 0 Å². The van der Waals surface area contributed by atoms with Crippen LogP contribution in [-0.2, 0) is 0 Å². The van der Waals surface area contributed by atoms with Crippen molar-refractivity contribution in [2.45, 2.75) is 0 Å². The van der Waals surface area contributed by atoms with E-state index in [0.29, 0.717) is 21.0 Å². The summed E-state index contributed by atoms with van der Waals surface area (Å²) in [6.45, 7) is 0. The third kappa shape index (κ3) is 1.35. The zero-order chi connectivity index (χ0) is 8.55. The Morgan fingerprint density at radius 1 is 1.42 bits per heavy atom. The molecule has 2 N–H and O–H groups in total. The Labute approximate surface area is 81.1 Å². The molecular weight excluding hydrogens is 242 g/mol. The van der Waals surface area contributed by atoms with Crippen LogP contribution in [0.5, 0.6) is 0 Å². The van der Waals surface area contributed by atoms with Gasteiger partial charge in [0.1, 0.15) is 0 Å². The monoisotopic (exact) mass is 245 g/mol. The molecule has 12 heavy (non-hydrogen) atoms. The Kier molecular flexibility index (Phi) is 1.86. The summed E-state index contributed by atoms with van der Waals surface area (Å²) in [5.74, 6) is 1.25. The van der Waals surface area contributed by atoms with E-state index >= 15 is 0 Å². The molecule has 2 aromatic rings. The Balaban J connectivity index is 2.50. The fourth-order valence-electron chi connectivity index (χ4n) is 0.828. The quantitative estimate of drug-likeness (QED) is 0.760. The van der Waals surface area contributed by atoms with Crippen molar-refractivity contribution in [2.75, 3.05) is 0 Å². The summed E-state index contributed by atoms with van der Waals surface area (Å²) in [5.41, 5.74) is 0. The first-order chi connectivity index (χ1) is 5.75. The second-order valence-corrected chi connectivity index (χ2v) is 3.29. The summed E-state index contributed by atoms with van der Waals surface area (Å²) < 4.78 is 6.32. The number of aromatic nitrogens is 3. The third-order valence-electron chi connectivity index (χ3n) is 1.31. The van der Waals surface area contributed by atoms with E-state index in [2.05, 4.69) is 31.1 Å². The van der Waals surface area contributed by atoms with E-state index in [1.165, 1.54) is 0 Å². The minimum atomic E-state index is 0.414. The summed E-state index contributed by atoms with van der Waals surface area (Å²) in [4.78, 5) is 3.98. The third-order valence-corrected chi connectivity index (χ3v) is 1.93. The molecule has 0 amide bonds. The number of rotatable bonds is 1. The first kappa shape index (κ1) is 7.75. The molecule has 0 unspecified atom stereocenters. The fourth-order valence-corrected chi connectivity index (χ4v) is 1.28. The van der Waals surface area contributed by atoms with Gasteiger partial charge in [-0.1, -0.05) is 0 Å². The predicted octanol–water partition coefficient (Wildman–Crippen LogP) is 2.49. The van der Waals surface area contributed by atoms with E-state index < -0.39 is 0 Å². The molecule has 0 aliphatic heterocycles. The van der Waals surface area contributed by atoms with Crippen LogP contribution in [0, 0.1) is 4.77 Å². The van der Waals surface area contributed by atoms with Gasteiger partial charge in [-0.15, -0.1) is 0 Å². The molecule has 2 rings (SSSR count). The van der Waals surface area contributed by atoms with Crippen molar-refractivity contribution >= 4 is 28.1 Å². The summed E-state index contributed by atoms with van der Waals surface area (Å²) in [6, 6.07) is 3.59. The maximum Gasteiger partial charge on any atom is 0.213 e. The maximum absolute atomic E-state index is 5.24. The number of nitrogens with zero attached hydrogens (tertiary/aromatic N) is 1. The highest BCUT2D eigenvalue weighted by atomic mass is 79.9. The lowest BCUT2D eigenvalue weighted by atomic mass is 10.4. The molecule has 0 aliphatic rings. The lowest BCUT2D eigenvalue weighted by Crippen LogP contribution is -1.74. The average molecular weight is 246 g/mol. The summed E-state index contributed by atoms with van der Waals surface area (Å²) >= 11 is 7.98. The number of furan rings is 1. The van der Waals surface area contributed by atoms with E-state index in [-0.39, 0.29) is 0 Å². The highest BCUT2D eigenvalue weighted by Crippen LogP contribution is 2.21. The van der Waals surface area contributed by atoms with Crippen LogP contribution in [0.3, 0.4) is 0 Å². The highest BCUT2D eigenvalue weighted by molar-refractivity contribution is 9.10. The van der Waals surface area contributed by atoms with Gasteiger partial charge in [-0.3, -0.25) is 10.2 Å². The van der Waals surface area contributed by atoms with Crippen LogP contribution in [0.25, 0.3) is 11.6 Å². The van der Waals surface area contributed by atoms with E-state index in [1.807, 2.05) is 0 Å².